The van der Waals surface area contributed by atoms with Crippen molar-refractivity contribution < 1.29 is 14.3 Å². The van der Waals surface area contributed by atoms with E-state index in [2.05, 4.69) is 9.88 Å². The smallest absolute Gasteiger partial charge is 0.242 e. The van der Waals surface area contributed by atoms with Crippen molar-refractivity contribution in [1.29, 1.82) is 0 Å². The molecule has 3 aliphatic rings. The van der Waals surface area contributed by atoms with E-state index in [1.807, 2.05) is 35.2 Å². The van der Waals surface area contributed by atoms with E-state index >= 15 is 0 Å². The molecule has 8 heteroatoms. The second kappa shape index (κ2) is 9.83. The lowest BCUT2D eigenvalue weighted by Crippen LogP contribution is -2.58. The second-order valence-electron chi connectivity index (χ2n) is 8.68. The molecule has 0 radical (unpaired) electrons. The third-order valence-electron chi connectivity index (χ3n) is 6.75. The minimum absolute atomic E-state index is 0.0399. The van der Waals surface area contributed by atoms with Crippen molar-refractivity contribution in [2.75, 3.05) is 39.5 Å². The van der Waals surface area contributed by atoms with E-state index < -0.39 is 0 Å². The summed E-state index contributed by atoms with van der Waals surface area (Å²) in [7, 11) is 0. The summed E-state index contributed by atoms with van der Waals surface area (Å²) in [5, 5.41) is 0.652. The molecule has 0 saturated carbocycles. The van der Waals surface area contributed by atoms with Crippen molar-refractivity contribution >= 4 is 17.5 Å². The summed E-state index contributed by atoms with van der Waals surface area (Å²) < 4.78 is 11.3. The van der Waals surface area contributed by atoms with Gasteiger partial charge in [0.15, 0.2) is 5.82 Å². The Balaban J connectivity index is 1.37. The summed E-state index contributed by atoms with van der Waals surface area (Å²) >= 11 is 6.16. The highest BCUT2D eigenvalue weighted by atomic mass is 35.5. The van der Waals surface area contributed by atoms with Gasteiger partial charge in [0.25, 0.3) is 0 Å². The molecule has 3 saturated heterocycles. The monoisotopic (exact) mass is 456 g/mol. The van der Waals surface area contributed by atoms with Crippen LogP contribution in [0, 0.1) is 0 Å². The van der Waals surface area contributed by atoms with E-state index in [-0.39, 0.29) is 18.0 Å². The maximum Gasteiger partial charge on any atom is 0.242 e. The number of carbonyl (C=O) groups is 1. The summed E-state index contributed by atoms with van der Waals surface area (Å²) in [6, 6.07) is 9.59. The van der Waals surface area contributed by atoms with Gasteiger partial charge in [-0.05, 0) is 43.9 Å². The highest BCUT2D eigenvalue weighted by molar-refractivity contribution is 6.30. The molecule has 2 aromatic rings. The molecule has 1 aromatic heterocycles. The lowest BCUT2D eigenvalue weighted by atomic mass is 10.0. The van der Waals surface area contributed by atoms with E-state index in [9.17, 15) is 4.79 Å². The first-order chi connectivity index (χ1) is 15.7. The third kappa shape index (κ3) is 4.53. The first kappa shape index (κ1) is 21.8. The molecule has 0 bridgehead atoms. The van der Waals surface area contributed by atoms with Gasteiger partial charge in [-0.15, -0.1) is 0 Å². The number of benzene rings is 1. The number of aromatic nitrogens is 2. The zero-order valence-electron chi connectivity index (χ0n) is 18.2. The van der Waals surface area contributed by atoms with Gasteiger partial charge in [-0.1, -0.05) is 23.7 Å². The zero-order chi connectivity index (χ0) is 21.9. The van der Waals surface area contributed by atoms with Gasteiger partial charge in [-0.25, -0.2) is 9.97 Å². The highest BCUT2D eigenvalue weighted by Crippen LogP contribution is 2.33. The van der Waals surface area contributed by atoms with Crippen molar-refractivity contribution in [2.24, 2.45) is 0 Å². The van der Waals surface area contributed by atoms with Crippen molar-refractivity contribution in [3.8, 4) is 11.4 Å². The van der Waals surface area contributed by atoms with E-state index in [4.69, 9.17) is 26.1 Å². The van der Waals surface area contributed by atoms with Crippen molar-refractivity contribution in [2.45, 2.75) is 43.8 Å². The summed E-state index contributed by atoms with van der Waals surface area (Å²) in [5.41, 5.74) is 1.76. The molecule has 1 amide bonds. The molecular formula is C24H29ClN4O3. The Labute approximate surface area is 193 Å². The van der Waals surface area contributed by atoms with Crippen LogP contribution in [0.2, 0.25) is 5.02 Å². The van der Waals surface area contributed by atoms with Gasteiger partial charge in [0, 0.05) is 49.1 Å². The van der Waals surface area contributed by atoms with Crippen LogP contribution in [-0.2, 0) is 14.3 Å². The topological polar surface area (TPSA) is 67.8 Å². The Morgan fingerprint density at radius 3 is 2.78 bits per heavy atom. The number of rotatable bonds is 4. The number of halogens is 1. The zero-order valence-corrected chi connectivity index (χ0v) is 18.9. The Bertz CT molecular complexity index is 952. The van der Waals surface area contributed by atoms with Crippen molar-refractivity contribution in [3.63, 3.8) is 0 Å². The first-order valence-electron chi connectivity index (χ1n) is 11.5. The molecule has 32 heavy (non-hydrogen) atoms. The number of ether oxygens (including phenoxy) is 2. The summed E-state index contributed by atoms with van der Waals surface area (Å²) in [4.78, 5) is 27.4. The van der Waals surface area contributed by atoms with Crippen LogP contribution in [0.1, 0.15) is 37.4 Å². The Morgan fingerprint density at radius 1 is 1.06 bits per heavy atom. The van der Waals surface area contributed by atoms with E-state index in [0.29, 0.717) is 30.1 Å². The van der Waals surface area contributed by atoms with Crippen LogP contribution in [0.4, 0.5) is 0 Å². The first-order valence-corrected chi connectivity index (χ1v) is 11.9. The van der Waals surface area contributed by atoms with Gasteiger partial charge in [0.2, 0.25) is 5.91 Å². The Kier molecular flexibility index (Phi) is 6.69. The number of likely N-dealkylation sites (tertiary alicyclic amines) is 1. The molecule has 0 N–H and O–H groups in total. The van der Waals surface area contributed by atoms with Crippen molar-refractivity contribution in [1.82, 2.24) is 19.8 Å². The lowest BCUT2D eigenvalue weighted by molar-refractivity contribution is -0.148. The van der Waals surface area contributed by atoms with Crippen LogP contribution < -0.4 is 0 Å². The number of hydrogen-bond acceptors (Lipinski definition) is 6. The maximum absolute atomic E-state index is 13.7. The molecular weight excluding hydrogens is 428 g/mol. The average molecular weight is 457 g/mol. The lowest BCUT2D eigenvalue weighted by Gasteiger charge is -2.43. The Hall–Kier alpha value is -2.06. The van der Waals surface area contributed by atoms with Crippen molar-refractivity contribution in [3.05, 3.63) is 47.2 Å². The molecule has 5 rings (SSSR count). The summed E-state index contributed by atoms with van der Waals surface area (Å²) in [5.74, 6) is 0.788. The molecule has 4 heterocycles. The van der Waals surface area contributed by atoms with Crippen LogP contribution in [0.15, 0.2) is 36.5 Å². The molecule has 3 fully saturated rings. The molecule has 3 aliphatic heterocycles. The van der Waals surface area contributed by atoms with Crippen LogP contribution in [-0.4, -0.2) is 77.3 Å². The van der Waals surface area contributed by atoms with Gasteiger partial charge >= 0.3 is 0 Å². The SMILES string of the molecule is O=C([C@H]1COCCN1C1CCOCC1)N1CCC[C@H]1c1ccnc(-c2cccc(Cl)c2)n1. The van der Waals surface area contributed by atoms with Gasteiger partial charge in [0.1, 0.15) is 6.04 Å². The Morgan fingerprint density at radius 2 is 1.94 bits per heavy atom. The largest absolute Gasteiger partial charge is 0.381 e. The number of carbonyl (C=O) groups excluding carboxylic acids is 1. The quantitative estimate of drug-likeness (QED) is 0.703. The molecule has 7 nitrogen and oxygen atoms in total. The van der Waals surface area contributed by atoms with Gasteiger partial charge in [0.05, 0.1) is 24.9 Å². The maximum atomic E-state index is 13.7. The van der Waals surface area contributed by atoms with Crippen LogP contribution in [0.25, 0.3) is 11.4 Å². The molecule has 0 unspecified atom stereocenters. The predicted octanol–water partition coefficient (Wildman–Crippen LogP) is 3.34. The third-order valence-corrected chi connectivity index (χ3v) is 6.99. The molecule has 170 valence electrons. The number of hydrogen-bond donors (Lipinski definition) is 0. The van der Waals surface area contributed by atoms with Crippen LogP contribution in [0.5, 0.6) is 0 Å². The standard InChI is InChI=1S/C24H29ClN4O3/c25-18-4-1-3-17(15-18)23-26-9-6-20(27-23)21-5-2-10-29(21)24(30)22-16-32-14-11-28(22)19-7-12-31-13-8-19/h1,3-4,6,9,15,19,21-22H,2,5,7-8,10-14,16H2/t21-,22+/m0/s1. The molecule has 1 aromatic carbocycles. The summed E-state index contributed by atoms with van der Waals surface area (Å²) in [6.07, 6.45) is 5.60. The summed E-state index contributed by atoms with van der Waals surface area (Å²) in [6.45, 7) is 4.21. The van der Waals surface area contributed by atoms with Crippen LogP contribution in [0.3, 0.4) is 0 Å². The normalized spacial score (nSPS) is 25.2. The fourth-order valence-corrected chi connectivity index (χ4v) is 5.33. The fraction of sp³-hybridized carbons (Fsp3) is 0.542. The number of nitrogens with zero attached hydrogens (tertiary/aromatic N) is 4. The number of morpholine rings is 1. The minimum atomic E-state index is -0.235. The van der Waals surface area contributed by atoms with Crippen LogP contribution >= 0.6 is 11.6 Å². The van der Waals surface area contributed by atoms with Gasteiger partial charge < -0.3 is 14.4 Å². The average Bonchev–Trinajstić information content (AvgIpc) is 3.34. The minimum Gasteiger partial charge on any atom is -0.381 e. The molecule has 2 atom stereocenters. The second-order valence-corrected chi connectivity index (χ2v) is 9.11. The molecule has 0 aliphatic carbocycles. The number of amides is 1. The van der Waals surface area contributed by atoms with E-state index in [0.717, 1.165) is 63.2 Å². The van der Waals surface area contributed by atoms with Gasteiger partial charge in [-0.3, -0.25) is 9.69 Å². The van der Waals surface area contributed by atoms with Gasteiger partial charge in [-0.2, -0.15) is 0 Å². The molecule has 0 spiro atoms. The van der Waals surface area contributed by atoms with E-state index in [1.54, 1.807) is 6.20 Å². The van der Waals surface area contributed by atoms with E-state index in [1.165, 1.54) is 0 Å². The predicted molar refractivity (Wildman–Crippen MR) is 121 cm³/mol. The highest BCUT2D eigenvalue weighted by Gasteiger charge is 2.41. The fourth-order valence-electron chi connectivity index (χ4n) is 5.14.